The minimum absolute atomic E-state index is 0.535. The second-order valence-corrected chi connectivity index (χ2v) is 4.53. The average molecular weight is 271 g/mol. The molecule has 0 fully saturated rings. The van der Waals surface area contributed by atoms with Gasteiger partial charge in [-0.3, -0.25) is 0 Å². The summed E-state index contributed by atoms with van der Waals surface area (Å²) in [4.78, 5) is 0. The van der Waals surface area contributed by atoms with E-state index in [2.05, 4.69) is 0 Å². The highest BCUT2D eigenvalue weighted by atomic mass is 16.5. The van der Waals surface area contributed by atoms with Crippen LogP contribution in [-0.4, -0.2) is 13.2 Å². The lowest BCUT2D eigenvalue weighted by Gasteiger charge is -2.13. The minimum atomic E-state index is 0.535. The molecule has 0 radical (unpaired) electrons. The van der Waals surface area contributed by atoms with Crippen LogP contribution < -0.4 is 15.2 Å². The van der Waals surface area contributed by atoms with Crippen LogP contribution in [0.2, 0.25) is 0 Å². The summed E-state index contributed by atoms with van der Waals surface area (Å²) in [7, 11) is 0. The molecule has 2 aromatic carbocycles. The van der Waals surface area contributed by atoms with Crippen LogP contribution in [0.5, 0.6) is 11.5 Å². The van der Waals surface area contributed by atoms with Crippen LogP contribution >= 0.6 is 0 Å². The van der Waals surface area contributed by atoms with Crippen molar-refractivity contribution in [2.45, 2.75) is 20.0 Å². The fraction of sp³-hybridized carbons (Fsp3) is 0.294. The van der Waals surface area contributed by atoms with E-state index in [9.17, 15) is 0 Å². The molecule has 2 aromatic rings. The molecule has 0 unspecified atom stereocenters. The Kier molecular flexibility index (Phi) is 5.44. The van der Waals surface area contributed by atoms with Gasteiger partial charge in [0.1, 0.15) is 6.61 Å². The summed E-state index contributed by atoms with van der Waals surface area (Å²) in [5, 5.41) is 0. The SMILES string of the molecule is CCOc1ccc(CCN)cc1OCc1ccccc1. The van der Waals surface area contributed by atoms with Gasteiger partial charge in [-0.25, -0.2) is 0 Å². The van der Waals surface area contributed by atoms with Crippen LogP contribution in [0.25, 0.3) is 0 Å². The van der Waals surface area contributed by atoms with Crippen molar-refractivity contribution in [1.29, 1.82) is 0 Å². The smallest absolute Gasteiger partial charge is 0.161 e. The Labute approximate surface area is 120 Å². The monoisotopic (exact) mass is 271 g/mol. The van der Waals surface area contributed by atoms with E-state index in [-0.39, 0.29) is 0 Å². The molecule has 0 spiro atoms. The van der Waals surface area contributed by atoms with E-state index in [0.29, 0.717) is 19.8 Å². The van der Waals surface area contributed by atoms with Crippen molar-refractivity contribution in [3.8, 4) is 11.5 Å². The molecule has 0 saturated heterocycles. The molecule has 0 aliphatic carbocycles. The highest BCUT2D eigenvalue weighted by Gasteiger charge is 2.06. The van der Waals surface area contributed by atoms with Gasteiger partial charge in [-0.2, -0.15) is 0 Å². The van der Waals surface area contributed by atoms with Gasteiger partial charge in [-0.1, -0.05) is 36.4 Å². The van der Waals surface area contributed by atoms with Gasteiger partial charge in [0, 0.05) is 0 Å². The summed E-state index contributed by atoms with van der Waals surface area (Å²) >= 11 is 0. The maximum atomic E-state index is 5.90. The molecule has 0 bridgehead atoms. The number of benzene rings is 2. The summed E-state index contributed by atoms with van der Waals surface area (Å²) in [6, 6.07) is 16.1. The summed E-state index contributed by atoms with van der Waals surface area (Å²) < 4.78 is 11.5. The third kappa shape index (κ3) is 4.00. The maximum absolute atomic E-state index is 5.90. The number of hydrogen-bond acceptors (Lipinski definition) is 3. The Morgan fingerprint density at radius 3 is 2.40 bits per heavy atom. The molecular weight excluding hydrogens is 250 g/mol. The molecule has 0 aliphatic rings. The van der Waals surface area contributed by atoms with Crippen LogP contribution in [0, 0.1) is 0 Å². The zero-order chi connectivity index (χ0) is 14.2. The van der Waals surface area contributed by atoms with Crippen LogP contribution in [0.1, 0.15) is 18.1 Å². The van der Waals surface area contributed by atoms with Crippen LogP contribution in [-0.2, 0) is 13.0 Å². The van der Waals surface area contributed by atoms with Crippen molar-refractivity contribution in [1.82, 2.24) is 0 Å². The number of rotatable bonds is 7. The van der Waals surface area contributed by atoms with Gasteiger partial charge in [0.2, 0.25) is 0 Å². The predicted octanol–water partition coefficient (Wildman–Crippen LogP) is 3.17. The Balaban J connectivity index is 2.12. The van der Waals surface area contributed by atoms with E-state index in [1.807, 2.05) is 55.5 Å². The Hall–Kier alpha value is -2.00. The van der Waals surface area contributed by atoms with E-state index in [1.165, 1.54) is 5.56 Å². The van der Waals surface area contributed by atoms with E-state index in [0.717, 1.165) is 23.5 Å². The molecule has 3 heteroatoms. The van der Waals surface area contributed by atoms with E-state index in [1.54, 1.807) is 0 Å². The average Bonchev–Trinajstić information content (AvgIpc) is 2.49. The highest BCUT2D eigenvalue weighted by Crippen LogP contribution is 2.29. The number of hydrogen-bond donors (Lipinski definition) is 1. The lowest BCUT2D eigenvalue weighted by atomic mass is 10.1. The Morgan fingerprint density at radius 1 is 0.900 bits per heavy atom. The number of nitrogens with two attached hydrogens (primary N) is 1. The number of ether oxygens (including phenoxy) is 2. The van der Waals surface area contributed by atoms with E-state index < -0.39 is 0 Å². The standard InChI is InChI=1S/C17H21NO2/c1-2-19-16-9-8-14(10-11-18)12-17(16)20-13-15-6-4-3-5-7-15/h3-9,12H,2,10-11,13,18H2,1H3. The molecule has 0 aromatic heterocycles. The molecule has 0 amide bonds. The van der Waals surface area contributed by atoms with Crippen molar-refractivity contribution in [3.05, 3.63) is 59.7 Å². The third-order valence-corrected chi connectivity index (χ3v) is 2.98. The maximum Gasteiger partial charge on any atom is 0.161 e. The normalized spacial score (nSPS) is 10.3. The van der Waals surface area contributed by atoms with Crippen LogP contribution in [0.15, 0.2) is 48.5 Å². The summed E-state index contributed by atoms with van der Waals surface area (Å²) in [6.07, 6.45) is 0.841. The van der Waals surface area contributed by atoms with Gasteiger partial charge in [0.15, 0.2) is 11.5 Å². The first-order valence-electron chi connectivity index (χ1n) is 6.96. The molecule has 2 N–H and O–H groups in total. The fourth-order valence-corrected chi connectivity index (χ4v) is 2.00. The molecule has 0 heterocycles. The second kappa shape index (κ2) is 7.56. The highest BCUT2D eigenvalue weighted by molar-refractivity contribution is 5.43. The molecule has 3 nitrogen and oxygen atoms in total. The zero-order valence-corrected chi connectivity index (χ0v) is 11.8. The Bertz CT molecular complexity index is 526. The molecule has 106 valence electrons. The van der Waals surface area contributed by atoms with E-state index in [4.69, 9.17) is 15.2 Å². The van der Waals surface area contributed by atoms with Crippen molar-refractivity contribution in [2.24, 2.45) is 5.73 Å². The summed E-state index contributed by atoms with van der Waals surface area (Å²) in [5.41, 5.74) is 7.90. The molecular formula is C17H21NO2. The van der Waals surface area contributed by atoms with Gasteiger partial charge < -0.3 is 15.2 Å². The Morgan fingerprint density at radius 2 is 1.70 bits per heavy atom. The van der Waals surface area contributed by atoms with Gasteiger partial charge in [-0.15, -0.1) is 0 Å². The van der Waals surface area contributed by atoms with Crippen molar-refractivity contribution in [3.63, 3.8) is 0 Å². The van der Waals surface area contributed by atoms with Crippen molar-refractivity contribution < 1.29 is 9.47 Å². The molecule has 0 saturated carbocycles. The van der Waals surface area contributed by atoms with Crippen LogP contribution in [0.3, 0.4) is 0 Å². The molecule has 2 rings (SSSR count). The fourth-order valence-electron chi connectivity index (χ4n) is 2.00. The lowest BCUT2D eigenvalue weighted by molar-refractivity contribution is 0.269. The first-order chi connectivity index (χ1) is 9.83. The lowest BCUT2D eigenvalue weighted by Crippen LogP contribution is -2.04. The first kappa shape index (κ1) is 14.4. The van der Waals surface area contributed by atoms with Crippen molar-refractivity contribution in [2.75, 3.05) is 13.2 Å². The zero-order valence-electron chi connectivity index (χ0n) is 11.8. The van der Waals surface area contributed by atoms with Crippen LogP contribution in [0.4, 0.5) is 0 Å². The molecule has 20 heavy (non-hydrogen) atoms. The second-order valence-electron chi connectivity index (χ2n) is 4.53. The predicted molar refractivity (Wildman–Crippen MR) is 81.1 cm³/mol. The topological polar surface area (TPSA) is 44.5 Å². The summed E-state index contributed by atoms with van der Waals surface area (Å²) in [6.45, 7) is 3.76. The van der Waals surface area contributed by atoms with Gasteiger partial charge in [0.25, 0.3) is 0 Å². The molecule has 0 aliphatic heterocycles. The minimum Gasteiger partial charge on any atom is -0.490 e. The summed E-state index contributed by atoms with van der Waals surface area (Å²) in [5.74, 6) is 1.56. The van der Waals surface area contributed by atoms with Gasteiger partial charge in [-0.05, 0) is 43.1 Å². The van der Waals surface area contributed by atoms with Gasteiger partial charge >= 0.3 is 0 Å². The van der Waals surface area contributed by atoms with Crippen molar-refractivity contribution >= 4 is 0 Å². The van der Waals surface area contributed by atoms with Gasteiger partial charge in [0.05, 0.1) is 6.61 Å². The molecule has 0 atom stereocenters. The van der Waals surface area contributed by atoms with E-state index >= 15 is 0 Å². The third-order valence-electron chi connectivity index (χ3n) is 2.98. The quantitative estimate of drug-likeness (QED) is 0.841. The largest absolute Gasteiger partial charge is 0.490 e. The first-order valence-corrected chi connectivity index (χ1v) is 6.96.